The number of hydrogen-bond acceptors (Lipinski definition) is 2. The third-order valence-electron chi connectivity index (χ3n) is 4.63. The van der Waals surface area contributed by atoms with Crippen LogP contribution in [-0.4, -0.2) is 25.0 Å². The van der Waals surface area contributed by atoms with Crippen LogP contribution in [0.4, 0.5) is 0 Å². The lowest BCUT2D eigenvalue weighted by atomic mass is 9.82. The van der Waals surface area contributed by atoms with Crippen LogP contribution in [0.2, 0.25) is 0 Å². The van der Waals surface area contributed by atoms with E-state index in [9.17, 15) is 4.79 Å². The fraction of sp³-hybridized carbons (Fsp3) is 0.588. The fourth-order valence-electron chi connectivity index (χ4n) is 3.46. The fourth-order valence-corrected chi connectivity index (χ4v) is 3.46. The molecule has 1 aromatic carbocycles. The van der Waals surface area contributed by atoms with Crippen molar-refractivity contribution in [3.63, 3.8) is 0 Å². The average molecular weight is 272 g/mol. The molecule has 3 rings (SSSR count). The molecule has 2 N–H and O–H groups in total. The van der Waals surface area contributed by atoms with Gasteiger partial charge in [-0.1, -0.05) is 24.3 Å². The van der Waals surface area contributed by atoms with Gasteiger partial charge >= 0.3 is 0 Å². The van der Waals surface area contributed by atoms with Crippen LogP contribution < -0.4 is 10.6 Å². The molecule has 1 unspecified atom stereocenters. The van der Waals surface area contributed by atoms with Crippen LogP contribution in [-0.2, 0) is 17.6 Å². The van der Waals surface area contributed by atoms with E-state index in [-0.39, 0.29) is 5.91 Å². The zero-order chi connectivity index (χ0) is 13.8. The predicted molar refractivity (Wildman–Crippen MR) is 80.6 cm³/mol. The Morgan fingerprint density at radius 1 is 1.15 bits per heavy atom. The van der Waals surface area contributed by atoms with Gasteiger partial charge in [0.1, 0.15) is 0 Å². The van der Waals surface area contributed by atoms with Gasteiger partial charge in [0.2, 0.25) is 5.91 Å². The molecule has 0 bridgehead atoms. The molecule has 1 aliphatic carbocycles. The van der Waals surface area contributed by atoms with E-state index in [1.807, 2.05) is 0 Å². The molecule has 1 saturated heterocycles. The van der Waals surface area contributed by atoms with E-state index < -0.39 is 0 Å². The van der Waals surface area contributed by atoms with E-state index in [0.29, 0.717) is 18.4 Å². The Kier molecular flexibility index (Phi) is 4.36. The van der Waals surface area contributed by atoms with Gasteiger partial charge in [0.05, 0.1) is 0 Å². The second-order valence-electron chi connectivity index (χ2n) is 6.17. The first-order valence-corrected chi connectivity index (χ1v) is 7.88. The van der Waals surface area contributed by atoms with Gasteiger partial charge in [-0.3, -0.25) is 4.79 Å². The standard InChI is InChI=1S/C17H24N2O/c20-17(19-16-7-9-18-10-8-16)12-13-5-6-14-3-1-2-4-15(14)11-13/h1-4,13,16,18H,5-12H2,(H,19,20). The Morgan fingerprint density at radius 2 is 1.90 bits per heavy atom. The lowest BCUT2D eigenvalue weighted by Gasteiger charge is -2.27. The normalized spacial score (nSPS) is 23.1. The number of carbonyl (C=O) groups excluding carboxylic acids is 1. The molecular formula is C17H24N2O. The SMILES string of the molecule is O=C(CC1CCc2ccccc2C1)NC1CCNCC1. The Morgan fingerprint density at radius 3 is 2.70 bits per heavy atom. The summed E-state index contributed by atoms with van der Waals surface area (Å²) in [4.78, 5) is 12.2. The number of piperidine rings is 1. The van der Waals surface area contributed by atoms with Crippen LogP contribution in [0.15, 0.2) is 24.3 Å². The maximum Gasteiger partial charge on any atom is 0.220 e. The zero-order valence-electron chi connectivity index (χ0n) is 12.0. The highest BCUT2D eigenvalue weighted by atomic mass is 16.1. The molecular weight excluding hydrogens is 248 g/mol. The molecule has 3 heteroatoms. The van der Waals surface area contributed by atoms with E-state index in [0.717, 1.165) is 45.2 Å². The van der Waals surface area contributed by atoms with Gasteiger partial charge in [0, 0.05) is 12.5 Å². The van der Waals surface area contributed by atoms with Crippen LogP contribution in [0.1, 0.15) is 36.8 Å². The summed E-state index contributed by atoms with van der Waals surface area (Å²) in [5.74, 6) is 0.771. The van der Waals surface area contributed by atoms with Crippen molar-refractivity contribution >= 4 is 5.91 Å². The summed E-state index contributed by atoms with van der Waals surface area (Å²) in [6.45, 7) is 2.06. The van der Waals surface area contributed by atoms with Gasteiger partial charge < -0.3 is 10.6 Å². The molecule has 1 atom stereocenters. The van der Waals surface area contributed by atoms with Crippen molar-refractivity contribution in [2.45, 2.75) is 44.6 Å². The van der Waals surface area contributed by atoms with Crippen molar-refractivity contribution in [2.75, 3.05) is 13.1 Å². The second-order valence-corrected chi connectivity index (χ2v) is 6.17. The third kappa shape index (κ3) is 3.40. The summed E-state index contributed by atoms with van der Waals surface area (Å²) < 4.78 is 0. The topological polar surface area (TPSA) is 41.1 Å². The maximum absolute atomic E-state index is 12.2. The van der Waals surface area contributed by atoms with Crippen LogP contribution in [0.5, 0.6) is 0 Å². The van der Waals surface area contributed by atoms with E-state index in [1.54, 1.807) is 0 Å². The minimum absolute atomic E-state index is 0.251. The summed E-state index contributed by atoms with van der Waals surface area (Å²) in [6, 6.07) is 9.05. The first kappa shape index (κ1) is 13.6. The van der Waals surface area contributed by atoms with Gasteiger partial charge in [-0.15, -0.1) is 0 Å². The number of rotatable bonds is 3. The molecule has 1 heterocycles. The van der Waals surface area contributed by atoms with Crippen LogP contribution in [0.3, 0.4) is 0 Å². The van der Waals surface area contributed by atoms with Gasteiger partial charge in [-0.05, 0) is 62.2 Å². The molecule has 0 aromatic heterocycles. The van der Waals surface area contributed by atoms with Gasteiger partial charge in [-0.25, -0.2) is 0 Å². The van der Waals surface area contributed by atoms with Gasteiger partial charge in [-0.2, -0.15) is 0 Å². The number of benzene rings is 1. The van der Waals surface area contributed by atoms with E-state index >= 15 is 0 Å². The molecule has 20 heavy (non-hydrogen) atoms. The Labute approximate surface area is 121 Å². The maximum atomic E-state index is 12.2. The third-order valence-corrected chi connectivity index (χ3v) is 4.63. The number of amides is 1. The molecule has 0 spiro atoms. The first-order chi connectivity index (χ1) is 9.81. The lowest BCUT2D eigenvalue weighted by Crippen LogP contribution is -2.43. The molecule has 1 aliphatic heterocycles. The molecule has 1 aromatic rings. The molecule has 1 amide bonds. The minimum Gasteiger partial charge on any atom is -0.353 e. The quantitative estimate of drug-likeness (QED) is 0.884. The monoisotopic (exact) mass is 272 g/mol. The highest BCUT2D eigenvalue weighted by Crippen LogP contribution is 2.27. The van der Waals surface area contributed by atoms with Gasteiger partial charge in [0.25, 0.3) is 0 Å². The smallest absolute Gasteiger partial charge is 0.220 e. The molecule has 108 valence electrons. The van der Waals surface area contributed by atoms with Gasteiger partial charge in [0.15, 0.2) is 0 Å². The molecule has 1 fully saturated rings. The van der Waals surface area contributed by atoms with Crippen LogP contribution in [0, 0.1) is 5.92 Å². The molecule has 0 saturated carbocycles. The van der Waals surface area contributed by atoms with Crippen LogP contribution in [0.25, 0.3) is 0 Å². The van der Waals surface area contributed by atoms with Crippen molar-refractivity contribution in [3.8, 4) is 0 Å². The van der Waals surface area contributed by atoms with E-state index in [4.69, 9.17) is 0 Å². The number of aryl methyl sites for hydroxylation is 1. The summed E-state index contributed by atoms with van der Waals surface area (Å²) >= 11 is 0. The predicted octanol–water partition coefficient (Wildman–Crippen LogP) is 2.05. The summed E-state index contributed by atoms with van der Waals surface area (Å²) in [7, 11) is 0. The van der Waals surface area contributed by atoms with Crippen molar-refractivity contribution in [2.24, 2.45) is 5.92 Å². The molecule has 0 radical (unpaired) electrons. The summed E-state index contributed by atoms with van der Waals surface area (Å²) in [5.41, 5.74) is 2.92. The number of nitrogens with one attached hydrogen (secondary N) is 2. The lowest BCUT2D eigenvalue weighted by molar-refractivity contribution is -0.123. The summed E-state index contributed by atoms with van der Waals surface area (Å²) in [5, 5.41) is 6.54. The highest BCUT2D eigenvalue weighted by Gasteiger charge is 2.22. The Hall–Kier alpha value is -1.35. The van der Waals surface area contributed by atoms with Crippen molar-refractivity contribution in [1.82, 2.24) is 10.6 Å². The first-order valence-electron chi connectivity index (χ1n) is 7.88. The number of carbonyl (C=O) groups is 1. The van der Waals surface area contributed by atoms with E-state index in [1.165, 1.54) is 11.1 Å². The minimum atomic E-state index is 0.251. The molecule has 2 aliphatic rings. The van der Waals surface area contributed by atoms with Crippen molar-refractivity contribution in [1.29, 1.82) is 0 Å². The molecule has 3 nitrogen and oxygen atoms in total. The Bertz CT molecular complexity index is 466. The highest BCUT2D eigenvalue weighted by molar-refractivity contribution is 5.76. The Balaban J connectivity index is 1.50. The largest absolute Gasteiger partial charge is 0.353 e. The summed E-state index contributed by atoms with van der Waals surface area (Å²) in [6.07, 6.45) is 6.17. The van der Waals surface area contributed by atoms with Crippen molar-refractivity contribution < 1.29 is 4.79 Å². The average Bonchev–Trinajstić information content (AvgIpc) is 2.48. The van der Waals surface area contributed by atoms with Crippen molar-refractivity contribution in [3.05, 3.63) is 35.4 Å². The number of hydrogen-bond donors (Lipinski definition) is 2. The zero-order valence-corrected chi connectivity index (χ0v) is 12.0. The second kappa shape index (κ2) is 6.40. The van der Waals surface area contributed by atoms with E-state index in [2.05, 4.69) is 34.9 Å². The number of fused-ring (bicyclic) bond motifs is 1. The van der Waals surface area contributed by atoms with Crippen LogP contribution >= 0.6 is 0 Å².